The van der Waals surface area contributed by atoms with Crippen molar-refractivity contribution < 1.29 is 18.7 Å². The maximum atomic E-state index is 13.3. The van der Waals surface area contributed by atoms with Gasteiger partial charge in [0.2, 0.25) is 5.91 Å². The molecular formula is C24H27FN2O3S. The molecular weight excluding hydrogens is 415 g/mol. The first-order valence-corrected chi connectivity index (χ1v) is 10.6. The molecule has 164 valence electrons. The minimum atomic E-state index is -0.313. The van der Waals surface area contributed by atoms with Crippen molar-refractivity contribution in [3.63, 3.8) is 0 Å². The van der Waals surface area contributed by atoms with Gasteiger partial charge in [-0.15, -0.1) is 0 Å². The number of amides is 1. The second-order valence-electron chi connectivity index (χ2n) is 6.00. The molecule has 0 aliphatic rings. The van der Waals surface area contributed by atoms with Crippen LogP contribution in [0.15, 0.2) is 77.7 Å². The SMILES string of the molecule is CC.COc1ccccc1NC(=O)CN(Sc1ccc(F)cc1)c1ccccc1OC. The van der Waals surface area contributed by atoms with E-state index in [1.165, 1.54) is 24.1 Å². The smallest absolute Gasteiger partial charge is 0.245 e. The van der Waals surface area contributed by atoms with Crippen molar-refractivity contribution in [1.29, 1.82) is 0 Å². The van der Waals surface area contributed by atoms with Crippen molar-refractivity contribution in [3.05, 3.63) is 78.6 Å². The van der Waals surface area contributed by atoms with E-state index in [1.807, 2.05) is 50.2 Å². The van der Waals surface area contributed by atoms with E-state index in [9.17, 15) is 9.18 Å². The second kappa shape index (κ2) is 12.5. The number of rotatable bonds is 8. The zero-order chi connectivity index (χ0) is 22.6. The summed E-state index contributed by atoms with van der Waals surface area (Å²) in [5.41, 5.74) is 1.33. The average Bonchev–Trinajstić information content (AvgIpc) is 2.81. The summed E-state index contributed by atoms with van der Waals surface area (Å²) < 4.78 is 25.8. The molecule has 0 bridgehead atoms. The molecule has 0 aliphatic carbocycles. The van der Waals surface area contributed by atoms with Crippen LogP contribution in [0, 0.1) is 5.82 Å². The van der Waals surface area contributed by atoms with Gasteiger partial charge in [0.15, 0.2) is 0 Å². The van der Waals surface area contributed by atoms with Crippen molar-refractivity contribution in [3.8, 4) is 11.5 Å². The molecule has 7 heteroatoms. The Morgan fingerprint density at radius 1 is 0.903 bits per heavy atom. The number of carbonyl (C=O) groups is 1. The van der Waals surface area contributed by atoms with E-state index in [1.54, 1.807) is 42.8 Å². The Morgan fingerprint density at radius 3 is 2.13 bits per heavy atom. The lowest BCUT2D eigenvalue weighted by molar-refractivity contribution is -0.114. The third-order valence-corrected chi connectivity index (χ3v) is 5.08. The monoisotopic (exact) mass is 442 g/mol. The summed E-state index contributed by atoms with van der Waals surface area (Å²) in [5, 5.41) is 2.87. The number of para-hydroxylation sites is 4. The normalized spacial score (nSPS) is 9.84. The van der Waals surface area contributed by atoms with Gasteiger partial charge in [-0.05, 0) is 60.5 Å². The van der Waals surface area contributed by atoms with Crippen LogP contribution < -0.4 is 19.1 Å². The molecule has 0 atom stereocenters. The Kier molecular flexibility index (Phi) is 9.71. The number of nitrogens with one attached hydrogen (secondary N) is 1. The molecule has 1 amide bonds. The van der Waals surface area contributed by atoms with Crippen molar-refractivity contribution in [2.24, 2.45) is 0 Å². The van der Waals surface area contributed by atoms with Crippen LogP contribution in [0.4, 0.5) is 15.8 Å². The highest BCUT2D eigenvalue weighted by atomic mass is 32.2. The van der Waals surface area contributed by atoms with Crippen LogP contribution in [0.2, 0.25) is 0 Å². The minimum absolute atomic E-state index is 0.0421. The summed E-state index contributed by atoms with van der Waals surface area (Å²) in [7, 11) is 3.13. The number of hydrogen-bond donors (Lipinski definition) is 1. The topological polar surface area (TPSA) is 50.8 Å². The summed E-state index contributed by atoms with van der Waals surface area (Å²) in [4.78, 5) is 13.6. The summed E-state index contributed by atoms with van der Waals surface area (Å²) in [5.74, 6) is 0.671. The third-order valence-electron chi connectivity index (χ3n) is 4.05. The maximum absolute atomic E-state index is 13.3. The summed E-state index contributed by atoms with van der Waals surface area (Å²) >= 11 is 1.32. The number of ether oxygens (including phenoxy) is 2. The molecule has 0 aliphatic heterocycles. The highest BCUT2D eigenvalue weighted by Gasteiger charge is 2.18. The highest BCUT2D eigenvalue weighted by molar-refractivity contribution is 8.00. The standard InChI is InChI=1S/C22H21FN2O3S.C2H6/c1-27-20-9-5-3-7-18(20)24-22(26)15-25(19-8-4-6-10-21(19)28-2)29-17-13-11-16(23)12-14-17;1-2/h3-14H,15H2,1-2H3,(H,24,26);1-2H3. The molecule has 0 unspecified atom stereocenters. The van der Waals surface area contributed by atoms with Crippen LogP contribution in [0.5, 0.6) is 11.5 Å². The lowest BCUT2D eigenvalue weighted by Crippen LogP contribution is -2.28. The number of halogens is 1. The summed E-state index contributed by atoms with van der Waals surface area (Å²) in [6.45, 7) is 4.04. The van der Waals surface area contributed by atoms with Gasteiger partial charge < -0.3 is 14.8 Å². The van der Waals surface area contributed by atoms with E-state index in [4.69, 9.17) is 9.47 Å². The molecule has 3 aromatic rings. The lowest BCUT2D eigenvalue weighted by Gasteiger charge is -2.24. The predicted octanol–water partition coefficient (Wildman–Crippen LogP) is 6.02. The van der Waals surface area contributed by atoms with Gasteiger partial charge in [0.1, 0.15) is 23.9 Å². The molecule has 1 N–H and O–H groups in total. The Balaban J connectivity index is 0.00000166. The Hall–Kier alpha value is -3.19. The first-order valence-electron chi connectivity index (χ1n) is 9.87. The lowest BCUT2D eigenvalue weighted by atomic mass is 10.2. The molecule has 0 heterocycles. The fourth-order valence-electron chi connectivity index (χ4n) is 2.69. The number of anilines is 2. The Bertz CT molecular complexity index is 967. The molecule has 0 saturated carbocycles. The van der Waals surface area contributed by atoms with Crippen LogP contribution in [-0.4, -0.2) is 26.7 Å². The second-order valence-corrected chi connectivity index (χ2v) is 7.10. The van der Waals surface area contributed by atoms with E-state index in [-0.39, 0.29) is 18.3 Å². The van der Waals surface area contributed by atoms with Gasteiger partial charge in [0.05, 0.1) is 25.6 Å². The third kappa shape index (κ3) is 6.93. The largest absolute Gasteiger partial charge is 0.495 e. The van der Waals surface area contributed by atoms with Gasteiger partial charge in [0, 0.05) is 4.90 Å². The number of carbonyl (C=O) groups excluding carboxylic acids is 1. The highest BCUT2D eigenvalue weighted by Crippen LogP contribution is 2.35. The van der Waals surface area contributed by atoms with E-state index < -0.39 is 0 Å². The quantitative estimate of drug-likeness (QED) is 0.432. The number of methoxy groups -OCH3 is 2. The van der Waals surface area contributed by atoms with Gasteiger partial charge in [-0.1, -0.05) is 38.1 Å². The molecule has 0 saturated heterocycles. The van der Waals surface area contributed by atoms with Crippen molar-refractivity contribution >= 4 is 29.2 Å². The predicted molar refractivity (Wildman–Crippen MR) is 126 cm³/mol. The number of nitrogens with zero attached hydrogens (tertiary/aromatic N) is 1. The molecule has 3 rings (SSSR count). The van der Waals surface area contributed by atoms with Crippen LogP contribution in [0.3, 0.4) is 0 Å². The van der Waals surface area contributed by atoms with E-state index in [2.05, 4.69) is 5.32 Å². The first-order chi connectivity index (χ1) is 15.1. The van der Waals surface area contributed by atoms with Gasteiger partial charge >= 0.3 is 0 Å². The Morgan fingerprint density at radius 2 is 1.48 bits per heavy atom. The summed E-state index contributed by atoms with van der Waals surface area (Å²) in [6, 6.07) is 20.7. The molecule has 0 spiro atoms. The molecule has 3 aromatic carbocycles. The first kappa shape index (κ1) is 24.1. The van der Waals surface area contributed by atoms with Crippen molar-refractivity contribution in [2.75, 3.05) is 30.4 Å². The zero-order valence-corrected chi connectivity index (χ0v) is 18.9. The van der Waals surface area contributed by atoms with Gasteiger partial charge in [-0.3, -0.25) is 9.10 Å². The molecule has 5 nitrogen and oxygen atoms in total. The number of benzene rings is 3. The van der Waals surface area contributed by atoms with Gasteiger partial charge in [-0.2, -0.15) is 0 Å². The van der Waals surface area contributed by atoms with E-state index >= 15 is 0 Å². The molecule has 0 fully saturated rings. The van der Waals surface area contributed by atoms with Crippen molar-refractivity contribution in [1.82, 2.24) is 0 Å². The Labute approximate surface area is 187 Å². The molecule has 31 heavy (non-hydrogen) atoms. The zero-order valence-electron chi connectivity index (χ0n) is 18.1. The minimum Gasteiger partial charge on any atom is -0.495 e. The van der Waals surface area contributed by atoms with Crippen molar-refractivity contribution in [2.45, 2.75) is 18.7 Å². The summed E-state index contributed by atoms with van der Waals surface area (Å²) in [6.07, 6.45) is 0. The van der Waals surface area contributed by atoms with Gasteiger partial charge in [0.25, 0.3) is 0 Å². The molecule has 0 aromatic heterocycles. The van der Waals surface area contributed by atoms with Gasteiger partial charge in [-0.25, -0.2) is 4.39 Å². The molecule has 0 radical (unpaired) electrons. The van der Waals surface area contributed by atoms with E-state index in [0.29, 0.717) is 17.2 Å². The van der Waals surface area contributed by atoms with Crippen LogP contribution >= 0.6 is 11.9 Å². The van der Waals surface area contributed by atoms with Crippen LogP contribution in [0.1, 0.15) is 13.8 Å². The average molecular weight is 443 g/mol. The van der Waals surface area contributed by atoms with Crippen LogP contribution in [0.25, 0.3) is 0 Å². The number of hydrogen-bond acceptors (Lipinski definition) is 5. The van der Waals surface area contributed by atoms with Crippen LogP contribution in [-0.2, 0) is 4.79 Å². The fourth-order valence-corrected chi connectivity index (χ4v) is 3.64. The fraction of sp³-hybridized carbons (Fsp3) is 0.208. The maximum Gasteiger partial charge on any atom is 0.245 e. The van der Waals surface area contributed by atoms with E-state index in [0.717, 1.165) is 10.6 Å².